The van der Waals surface area contributed by atoms with Crippen molar-refractivity contribution in [3.8, 4) is 0 Å². The number of methoxy groups -OCH3 is 1. The molecule has 3 aliphatic heterocycles. The maximum absolute atomic E-state index is 13.0. The van der Waals surface area contributed by atoms with E-state index in [4.69, 9.17) is 28.8 Å². The van der Waals surface area contributed by atoms with E-state index in [-0.39, 0.29) is 33.5 Å². The first kappa shape index (κ1) is 48.0. The van der Waals surface area contributed by atoms with Crippen molar-refractivity contribution in [3.63, 3.8) is 0 Å². The van der Waals surface area contributed by atoms with Crippen LogP contribution in [0.1, 0.15) is 99.5 Å². The molecule has 12 nitrogen and oxygen atoms in total. The normalized spacial score (nSPS) is 28.3. The molecule has 0 unspecified atom stereocenters. The van der Waals surface area contributed by atoms with Crippen molar-refractivity contribution in [2.75, 3.05) is 20.2 Å². The van der Waals surface area contributed by atoms with Gasteiger partial charge in [-0.05, 0) is 97.4 Å². The average molecular weight is 939 g/mol. The summed E-state index contributed by atoms with van der Waals surface area (Å²) >= 11 is 9.31. The molecule has 1 aromatic rings. The number of halogens is 3. The fraction of sp³-hybridized carbons (Fsp3) is 0.743. The van der Waals surface area contributed by atoms with Crippen LogP contribution >= 0.6 is 47.3 Å². The molecule has 0 radical (unpaired) electrons. The minimum Gasteiger partial charge on any atom is -0.480 e. The molecule has 3 saturated heterocycles. The Kier molecular flexibility index (Phi) is 18.0. The van der Waals surface area contributed by atoms with Crippen molar-refractivity contribution >= 4 is 82.7 Å². The Morgan fingerprint density at radius 3 is 1.96 bits per heavy atom. The number of benzene rings is 1. The van der Waals surface area contributed by atoms with Gasteiger partial charge in [0.25, 0.3) is 0 Å². The van der Waals surface area contributed by atoms with Gasteiger partial charge in [0, 0.05) is 12.0 Å². The predicted octanol–water partition coefficient (Wildman–Crippen LogP) is 7.08. The van der Waals surface area contributed by atoms with Crippen LogP contribution in [0.25, 0.3) is 0 Å². The molecule has 0 aromatic heterocycles. The monoisotopic (exact) mass is 936 g/mol. The zero-order chi connectivity index (χ0) is 40.5. The van der Waals surface area contributed by atoms with Crippen molar-refractivity contribution in [1.29, 1.82) is 0 Å². The SMILES string of the molecule is BrB(Br)Br.COC(=O)[C@@]1(C)N(C(=O)OCc2ccccc2)CC[C@@]1(C)CCCB1OC(C)(C)C(C)(C)O1.C[C@@]1(CCCB(O)O)CCN[C@]1(C)C(=O)O. The third kappa shape index (κ3) is 11.9. The van der Waals surface area contributed by atoms with Gasteiger partial charge in [-0.25, -0.2) is 9.59 Å². The maximum atomic E-state index is 13.0. The molecule has 3 aliphatic rings. The van der Waals surface area contributed by atoms with Crippen LogP contribution < -0.4 is 5.32 Å². The summed E-state index contributed by atoms with van der Waals surface area (Å²) in [5, 5.41) is 29.8. The molecule has 4 atom stereocenters. The average Bonchev–Trinajstić information content (AvgIpc) is 3.59. The molecule has 0 aliphatic carbocycles. The number of hydrogen-bond acceptors (Lipinski definition) is 10. The standard InChI is InChI=1S/C25H38BNO6.C10H20BNO4.BBr3/c1-22(2)23(3,4)33-26(32-22)16-11-14-24(5)15-17-27(25(24,6)20(28)30-7)21(29)31-18-19-12-9-8-10-13-19;1-9(4-3-6-11(15)16)5-7-12-10(9,2)8(13)14;2-1(3)4/h8-10,12-13H,11,14-18H2,1-7H3;12,15-16H,3-7H2,1-2H3,(H,13,14);/t24-,25-;9-,10-;/m11./s1. The van der Waals surface area contributed by atoms with Crippen LogP contribution in [-0.4, -0.2) is 98.0 Å². The lowest BCUT2D eigenvalue weighted by molar-refractivity contribution is -0.157. The first-order valence-corrected chi connectivity index (χ1v) is 20.9. The first-order chi connectivity index (χ1) is 24.4. The number of amides is 1. The molecular formula is C35H58B3Br3N2O10. The van der Waals surface area contributed by atoms with E-state index in [1.165, 1.54) is 12.0 Å². The number of carboxylic acids is 1. The van der Waals surface area contributed by atoms with Crippen molar-refractivity contribution in [2.24, 2.45) is 10.8 Å². The summed E-state index contributed by atoms with van der Waals surface area (Å²) in [6.07, 6.45) is 4.83. The van der Waals surface area contributed by atoms with E-state index >= 15 is 0 Å². The van der Waals surface area contributed by atoms with E-state index in [1.54, 1.807) is 13.8 Å². The van der Waals surface area contributed by atoms with Crippen molar-refractivity contribution in [3.05, 3.63) is 35.9 Å². The number of likely N-dealkylation sites (tertiary alicyclic amines) is 1. The summed E-state index contributed by atoms with van der Waals surface area (Å²) in [4.78, 5) is 38.8. The van der Waals surface area contributed by atoms with Gasteiger partial charge in [-0.2, -0.15) is 0 Å². The Morgan fingerprint density at radius 2 is 1.45 bits per heavy atom. The second-order valence-electron chi connectivity index (χ2n) is 15.9. The molecular weight excluding hydrogens is 881 g/mol. The number of carboxylic acid groups (broad SMARTS) is 1. The molecule has 3 heterocycles. The van der Waals surface area contributed by atoms with Gasteiger partial charge in [-0.3, -0.25) is 9.69 Å². The summed E-state index contributed by atoms with van der Waals surface area (Å²) < 4.78 is 23.2. The Bertz CT molecular complexity index is 1350. The Labute approximate surface area is 341 Å². The highest BCUT2D eigenvalue weighted by Gasteiger charge is 2.61. The van der Waals surface area contributed by atoms with Gasteiger partial charge < -0.3 is 39.3 Å². The van der Waals surface area contributed by atoms with E-state index < -0.39 is 41.6 Å². The highest BCUT2D eigenvalue weighted by Crippen LogP contribution is 2.50. The Hall–Kier alpha value is -1.14. The topological polar surface area (TPSA) is 164 Å². The van der Waals surface area contributed by atoms with Crippen LogP contribution in [0.4, 0.5) is 4.79 Å². The molecule has 298 valence electrons. The second-order valence-corrected chi connectivity index (χ2v) is 22.4. The Morgan fingerprint density at radius 1 is 0.906 bits per heavy atom. The summed E-state index contributed by atoms with van der Waals surface area (Å²) in [6, 6.07) is 9.51. The van der Waals surface area contributed by atoms with Gasteiger partial charge in [0.15, 0.2) is 0 Å². The van der Waals surface area contributed by atoms with Crippen LogP contribution in [0.3, 0.4) is 0 Å². The van der Waals surface area contributed by atoms with Crippen molar-refractivity contribution in [2.45, 2.75) is 135 Å². The fourth-order valence-electron chi connectivity index (χ4n) is 7.32. The number of hydrogen-bond donors (Lipinski definition) is 4. The molecule has 0 saturated carbocycles. The van der Waals surface area contributed by atoms with Gasteiger partial charge in [-0.1, -0.05) is 57.0 Å². The minimum absolute atomic E-state index is 0.159. The maximum Gasteiger partial charge on any atom is 0.457 e. The van der Waals surface area contributed by atoms with E-state index in [9.17, 15) is 19.5 Å². The van der Waals surface area contributed by atoms with Crippen LogP contribution in [0.2, 0.25) is 12.6 Å². The minimum atomic E-state index is -1.30. The molecule has 4 rings (SSSR count). The summed E-state index contributed by atoms with van der Waals surface area (Å²) in [5.41, 5.74) is -2.65. The number of ether oxygens (including phenoxy) is 2. The van der Waals surface area contributed by atoms with E-state index in [0.717, 1.165) is 31.1 Å². The zero-order valence-electron chi connectivity index (χ0n) is 32.7. The molecule has 0 bridgehead atoms. The third-order valence-electron chi connectivity index (χ3n) is 12.1. The number of esters is 1. The number of carbonyl (C=O) groups is 3. The molecule has 3 fully saturated rings. The van der Waals surface area contributed by atoms with Crippen molar-refractivity contribution < 1.29 is 48.3 Å². The number of carbonyl (C=O) groups excluding carboxylic acids is 2. The molecule has 0 spiro atoms. The molecule has 4 N–H and O–H groups in total. The molecule has 1 amide bonds. The van der Waals surface area contributed by atoms with Crippen LogP contribution in [0, 0.1) is 10.8 Å². The largest absolute Gasteiger partial charge is 0.480 e. The lowest BCUT2D eigenvalue weighted by atomic mass is 9.67. The summed E-state index contributed by atoms with van der Waals surface area (Å²) in [6.45, 7) is 17.0. The summed E-state index contributed by atoms with van der Waals surface area (Å²) in [5.74, 6) is -1.26. The highest BCUT2D eigenvalue weighted by molar-refractivity contribution is 9.69. The number of rotatable bonds is 12. The highest BCUT2D eigenvalue weighted by atomic mass is 79.9. The van der Waals surface area contributed by atoms with Gasteiger partial charge >= 0.3 is 35.5 Å². The Balaban J connectivity index is 0.000000404. The van der Waals surface area contributed by atoms with Gasteiger partial charge in [-0.15, -0.1) is 47.3 Å². The number of nitrogens with one attached hydrogen (secondary N) is 1. The molecule has 1 aromatic carbocycles. The van der Waals surface area contributed by atoms with Crippen LogP contribution in [0.15, 0.2) is 30.3 Å². The van der Waals surface area contributed by atoms with Crippen LogP contribution in [-0.2, 0) is 35.0 Å². The van der Waals surface area contributed by atoms with E-state index in [0.29, 0.717) is 38.7 Å². The molecule has 53 heavy (non-hydrogen) atoms. The van der Waals surface area contributed by atoms with E-state index in [1.807, 2.05) is 65.0 Å². The van der Waals surface area contributed by atoms with Crippen molar-refractivity contribution in [1.82, 2.24) is 10.2 Å². The summed E-state index contributed by atoms with van der Waals surface area (Å²) in [7, 11) is -0.213. The third-order valence-corrected chi connectivity index (χ3v) is 12.1. The molecule has 18 heteroatoms. The van der Waals surface area contributed by atoms with Gasteiger partial charge in [0.05, 0.1) is 18.3 Å². The van der Waals surface area contributed by atoms with E-state index in [2.05, 4.69) is 59.5 Å². The predicted molar refractivity (Wildman–Crippen MR) is 220 cm³/mol. The second kappa shape index (κ2) is 19.8. The smallest absolute Gasteiger partial charge is 0.457 e. The quantitative estimate of drug-likeness (QED) is 0.125. The number of aliphatic carboxylic acids is 1. The number of nitrogens with zero attached hydrogens (tertiary/aromatic N) is 1. The van der Waals surface area contributed by atoms with Gasteiger partial charge in [0.1, 0.15) is 17.7 Å². The first-order valence-electron chi connectivity index (χ1n) is 18.1. The zero-order valence-corrected chi connectivity index (χ0v) is 37.4. The van der Waals surface area contributed by atoms with Gasteiger partial charge in [0.2, 0.25) is 0 Å². The fourth-order valence-corrected chi connectivity index (χ4v) is 7.32. The lowest BCUT2D eigenvalue weighted by Gasteiger charge is -2.42. The van der Waals surface area contributed by atoms with Crippen LogP contribution in [0.5, 0.6) is 0 Å². The lowest BCUT2D eigenvalue weighted by Crippen LogP contribution is -2.58.